The lowest BCUT2D eigenvalue weighted by Gasteiger charge is -2.26. The zero-order valence-electron chi connectivity index (χ0n) is 15.1. The first-order chi connectivity index (χ1) is 13.7. The number of hydrogen-bond acceptors (Lipinski definition) is 4. The van der Waals surface area contributed by atoms with Crippen LogP contribution in [0.1, 0.15) is 33.9 Å². The topological polar surface area (TPSA) is 51.2 Å². The molecule has 6 heteroatoms. The molecule has 0 fully saturated rings. The Hall–Kier alpha value is -2.86. The Labute approximate surface area is 167 Å². The molecule has 1 atom stereocenters. The zero-order chi connectivity index (χ0) is 19.3. The van der Waals surface area contributed by atoms with Crippen LogP contribution in [0.25, 0.3) is 0 Å². The highest BCUT2D eigenvalue weighted by molar-refractivity contribution is 7.98. The average Bonchev–Trinajstić information content (AvgIpc) is 2.74. The van der Waals surface area contributed by atoms with Gasteiger partial charge in [0.2, 0.25) is 0 Å². The molecule has 1 N–H and O–H groups in total. The van der Waals surface area contributed by atoms with Gasteiger partial charge in [0, 0.05) is 23.9 Å². The van der Waals surface area contributed by atoms with Crippen LogP contribution in [0, 0.1) is 5.82 Å². The zero-order valence-corrected chi connectivity index (χ0v) is 15.9. The van der Waals surface area contributed by atoms with Crippen LogP contribution in [0.4, 0.5) is 4.39 Å². The quantitative estimate of drug-likeness (QED) is 0.634. The van der Waals surface area contributed by atoms with E-state index in [-0.39, 0.29) is 17.8 Å². The van der Waals surface area contributed by atoms with Gasteiger partial charge in [-0.05, 0) is 35.9 Å². The van der Waals surface area contributed by atoms with E-state index in [1.807, 2.05) is 24.3 Å². The van der Waals surface area contributed by atoms with Gasteiger partial charge in [0.1, 0.15) is 16.6 Å². The summed E-state index contributed by atoms with van der Waals surface area (Å²) in [6.07, 6.45) is 2.40. The highest BCUT2D eigenvalue weighted by Crippen LogP contribution is 2.32. The normalized spacial score (nSPS) is 15.4. The summed E-state index contributed by atoms with van der Waals surface area (Å²) in [4.78, 5) is 17.3. The Morgan fingerprint density at radius 2 is 1.96 bits per heavy atom. The molecule has 0 bridgehead atoms. The van der Waals surface area contributed by atoms with Crippen molar-refractivity contribution in [2.24, 2.45) is 0 Å². The highest BCUT2D eigenvalue weighted by atomic mass is 32.2. The predicted octanol–water partition coefficient (Wildman–Crippen LogP) is 4.77. The first-order valence-electron chi connectivity index (χ1n) is 9.05. The maximum Gasteiger partial charge on any atom is 0.254 e. The third kappa shape index (κ3) is 4.17. The maximum absolute atomic E-state index is 13.1. The number of para-hydroxylation sites is 1. The number of fused-ring (bicyclic) bond motifs is 1. The maximum atomic E-state index is 13.1. The van der Waals surface area contributed by atoms with E-state index in [0.717, 1.165) is 23.3 Å². The molecule has 1 aliphatic rings. The summed E-state index contributed by atoms with van der Waals surface area (Å²) in [6.45, 7) is 0.571. The van der Waals surface area contributed by atoms with E-state index < -0.39 is 0 Å². The Morgan fingerprint density at radius 3 is 2.82 bits per heavy atom. The highest BCUT2D eigenvalue weighted by Gasteiger charge is 2.24. The number of nitrogens with one attached hydrogen (secondary N) is 1. The van der Waals surface area contributed by atoms with E-state index in [4.69, 9.17) is 4.74 Å². The van der Waals surface area contributed by atoms with Gasteiger partial charge in [0.15, 0.2) is 0 Å². The van der Waals surface area contributed by atoms with Gasteiger partial charge in [-0.3, -0.25) is 4.79 Å². The SMILES string of the molecule is O=C(N[C@@H]1CCOc2ccccc21)c1cccnc1SCc1ccc(F)cc1. The molecule has 4 rings (SSSR count). The van der Waals surface area contributed by atoms with Crippen molar-refractivity contribution in [1.29, 1.82) is 0 Å². The Kier molecular flexibility index (Phi) is 5.58. The molecule has 2 heterocycles. The summed E-state index contributed by atoms with van der Waals surface area (Å²) >= 11 is 1.46. The summed E-state index contributed by atoms with van der Waals surface area (Å²) in [5, 5.41) is 3.77. The number of aromatic nitrogens is 1. The van der Waals surface area contributed by atoms with Crippen LogP contribution in [0.3, 0.4) is 0 Å². The number of carbonyl (C=O) groups is 1. The third-order valence-electron chi connectivity index (χ3n) is 4.57. The largest absolute Gasteiger partial charge is 0.493 e. The van der Waals surface area contributed by atoms with Gasteiger partial charge in [0.05, 0.1) is 18.2 Å². The lowest BCUT2D eigenvalue weighted by Crippen LogP contribution is -2.32. The van der Waals surface area contributed by atoms with Crippen molar-refractivity contribution in [2.45, 2.75) is 23.2 Å². The lowest BCUT2D eigenvalue weighted by molar-refractivity contribution is 0.0921. The van der Waals surface area contributed by atoms with E-state index >= 15 is 0 Å². The number of amides is 1. The Morgan fingerprint density at radius 1 is 1.14 bits per heavy atom. The summed E-state index contributed by atoms with van der Waals surface area (Å²) in [6, 6.07) is 17.6. The van der Waals surface area contributed by atoms with Crippen LogP contribution < -0.4 is 10.1 Å². The Bertz CT molecular complexity index is 978. The molecule has 142 valence electrons. The van der Waals surface area contributed by atoms with Gasteiger partial charge in [0.25, 0.3) is 5.91 Å². The van der Waals surface area contributed by atoms with Crippen molar-refractivity contribution in [3.63, 3.8) is 0 Å². The predicted molar refractivity (Wildman–Crippen MR) is 107 cm³/mol. The molecule has 1 aliphatic heterocycles. The second-order valence-electron chi connectivity index (χ2n) is 6.47. The third-order valence-corrected chi connectivity index (χ3v) is 5.64. The molecule has 3 aromatic rings. The van der Waals surface area contributed by atoms with Crippen molar-refractivity contribution >= 4 is 17.7 Å². The average molecular weight is 394 g/mol. The minimum Gasteiger partial charge on any atom is -0.493 e. The van der Waals surface area contributed by atoms with Crippen LogP contribution in [0.5, 0.6) is 5.75 Å². The molecule has 0 unspecified atom stereocenters. The number of carbonyl (C=O) groups excluding carboxylic acids is 1. The molecular weight excluding hydrogens is 375 g/mol. The molecule has 0 saturated carbocycles. The number of halogens is 1. The standard InChI is InChI=1S/C22H19FN2O2S/c23-16-9-7-15(8-10-16)14-28-22-18(5-3-12-24-22)21(26)25-19-11-13-27-20-6-2-1-4-17(19)20/h1-10,12,19H,11,13-14H2,(H,25,26)/t19-/m1/s1. The molecule has 28 heavy (non-hydrogen) atoms. The van der Waals surface area contributed by atoms with E-state index in [9.17, 15) is 9.18 Å². The van der Waals surface area contributed by atoms with Crippen LogP contribution >= 0.6 is 11.8 Å². The lowest BCUT2D eigenvalue weighted by atomic mass is 10.0. The minimum atomic E-state index is -0.261. The molecule has 1 aromatic heterocycles. The molecule has 0 spiro atoms. The molecule has 1 amide bonds. The van der Waals surface area contributed by atoms with Crippen LogP contribution in [0.2, 0.25) is 0 Å². The molecular formula is C22H19FN2O2S. The van der Waals surface area contributed by atoms with Gasteiger partial charge in [-0.15, -0.1) is 11.8 Å². The smallest absolute Gasteiger partial charge is 0.254 e. The van der Waals surface area contributed by atoms with Gasteiger partial charge in [-0.25, -0.2) is 9.37 Å². The number of benzene rings is 2. The van der Waals surface area contributed by atoms with E-state index in [1.165, 1.54) is 23.9 Å². The fourth-order valence-corrected chi connectivity index (χ4v) is 4.09. The van der Waals surface area contributed by atoms with E-state index in [1.54, 1.807) is 30.5 Å². The first kappa shape index (κ1) is 18.5. The van der Waals surface area contributed by atoms with Crippen LogP contribution in [-0.2, 0) is 5.75 Å². The van der Waals surface area contributed by atoms with Crippen molar-refractivity contribution in [3.8, 4) is 5.75 Å². The fourth-order valence-electron chi connectivity index (χ4n) is 3.14. The Balaban J connectivity index is 1.49. The van der Waals surface area contributed by atoms with Crippen molar-refractivity contribution in [1.82, 2.24) is 10.3 Å². The van der Waals surface area contributed by atoms with Crippen molar-refractivity contribution < 1.29 is 13.9 Å². The number of pyridine rings is 1. The summed E-state index contributed by atoms with van der Waals surface area (Å²) in [5.41, 5.74) is 2.51. The van der Waals surface area contributed by atoms with Gasteiger partial charge in [-0.1, -0.05) is 30.3 Å². The second-order valence-corrected chi connectivity index (χ2v) is 7.44. The summed E-state index contributed by atoms with van der Waals surface area (Å²) in [5.74, 6) is 1.01. The molecule has 4 nitrogen and oxygen atoms in total. The molecule has 0 radical (unpaired) electrons. The molecule has 0 aliphatic carbocycles. The number of rotatable bonds is 5. The molecule has 2 aromatic carbocycles. The van der Waals surface area contributed by atoms with E-state index in [0.29, 0.717) is 22.9 Å². The van der Waals surface area contributed by atoms with Crippen molar-refractivity contribution in [2.75, 3.05) is 6.61 Å². The van der Waals surface area contributed by atoms with Gasteiger partial charge in [-0.2, -0.15) is 0 Å². The van der Waals surface area contributed by atoms with E-state index in [2.05, 4.69) is 10.3 Å². The monoisotopic (exact) mass is 394 g/mol. The number of hydrogen-bond donors (Lipinski definition) is 1. The number of ether oxygens (including phenoxy) is 1. The number of nitrogens with zero attached hydrogens (tertiary/aromatic N) is 1. The first-order valence-corrected chi connectivity index (χ1v) is 10.0. The van der Waals surface area contributed by atoms with Crippen molar-refractivity contribution in [3.05, 3.63) is 89.4 Å². The second kappa shape index (κ2) is 8.44. The van der Waals surface area contributed by atoms with Crippen LogP contribution in [0.15, 0.2) is 71.9 Å². The van der Waals surface area contributed by atoms with Gasteiger partial charge >= 0.3 is 0 Å². The van der Waals surface area contributed by atoms with Crippen LogP contribution in [-0.4, -0.2) is 17.5 Å². The summed E-state index contributed by atoms with van der Waals surface area (Å²) in [7, 11) is 0. The minimum absolute atomic E-state index is 0.0902. The fraction of sp³-hybridized carbons (Fsp3) is 0.182. The molecule has 0 saturated heterocycles. The summed E-state index contributed by atoms with van der Waals surface area (Å²) < 4.78 is 18.7. The van der Waals surface area contributed by atoms with Gasteiger partial charge < -0.3 is 10.1 Å². The number of thioether (sulfide) groups is 1.